The summed E-state index contributed by atoms with van der Waals surface area (Å²) in [5.74, 6) is 4.74. The van der Waals surface area contributed by atoms with Crippen LogP contribution >= 0.6 is 23.5 Å². The van der Waals surface area contributed by atoms with E-state index in [1.54, 1.807) is 0 Å². The predicted molar refractivity (Wildman–Crippen MR) is 217 cm³/mol. The second-order valence-corrected chi connectivity index (χ2v) is 16.1. The van der Waals surface area contributed by atoms with E-state index in [4.69, 9.17) is 0 Å². The van der Waals surface area contributed by atoms with Gasteiger partial charge in [0, 0.05) is 26.2 Å². The Balaban J connectivity index is 3.34. The van der Waals surface area contributed by atoms with Crippen molar-refractivity contribution in [1.82, 2.24) is 26.2 Å². The van der Waals surface area contributed by atoms with Crippen molar-refractivity contribution in [3.05, 3.63) is 0 Å². The number of carbonyl (C=O) groups excluding carboxylic acids is 2. The highest BCUT2D eigenvalue weighted by Crippen LogP contribution is 2.14. The number of amides is 4. The summed E-state index contributed by atoms with van der Waals surface area (Å²) >= 11 is 4.04. The minimum absolute atomic E-state index is 0.0553. The minimum atomic E-state index is -0.0553. The molecule has 7 nitrogen and oxygen atoms in total. The van der Waals surface area contributed by atoms with Gasteiger partial charge in [-0.3, -0.25) is 0 Å². The lowest BCUT2D eigenvalue weighted by Gasteiger charge is -2.17. The average molecular weight is 716 g/mol. The van der Waals surface area contributed by atoms with E-state index >= 15 is 0 Å². The van der Waals surface area contributed by atoms with Crippen LogP contribution in [-0.2, 0) is 0 Å². The molecule has 286 valence electrons. The molecular formula is C39H81N5O2S2. The molecule has 48 heavy (non-hydrogen) atoms. The van der Waals surface area contributed by atoms with E-state index in [-0.39, 0.29) is 12.1 Å². The third-order valence-electron chi connectivity index (χ3n) is 8.79. The maximum atomic E-state index is 12.0. The number of nitrogens with one attached hydrogen (secondary N) is 4. The van der Waals surface area contributed by atoms with Gasteiger partial charge in [-0.15, -0.1) is 0 Å². The number of urea groups is 2. The van der Waals surface area contributed by atoms with Crippen LogP contribution in [0, 0.1) is 0 Å². The molecule has 0 unspecified atom stereocenters. The fourth-order valence-corrected chi connectivity index (χ4v) is 7.60. The normalized spacial score (nSPS) is 11.2. The number of nitrogens with zero attached hydrogens (tertiary/aromatic N) is 1. The summed E-state index contributed by atoms with van der Waals surface area (Å²) in [4.78, 5) is 26.3. The van der Waals surface area contributed by atoms with Gasteiger partial charge in [0.1, 0.15) is 0 Å². The molecule has 4 amide bonds. The van der Waals surface area contributed by atoms with Gasteiger partial charge in [0.2, 0.25) is 0 Å². The van der Waals surface area contributed by atoms with E-state index in [1.807, 2.05) is 23.5 Å². The Kier molecular flexibility index (Phi) is 40.0. The van der Waals surface area contributed by atoms with Crippen LogP contribution < -0.4 is 21.3 Å². The number of carbonyl (C=O) groups is 2. The number of hydrogen-bond donors (Lipinski definition) is 4. The van der Waals surface area contributed by atoms with Gasteiger partial charge in [0.25, 0.3) is 0 Å². The second kappa shape index (κ2) is 40.6. The average Bonchev–Trinajstić information content (AvgIpc) is 3.08. The number of thioether (sulfide) groups is 2. The number of rotatable bonds is 38. The maximum Gasteiger partial charge on any atom is 0.314 e. The molecule has 4 N–H and O–H groups in total. The van der Waals surface area contributed by atoms with E-state index in [9.17, 15) is 9.59 Å². The molecule has 0 aromatic rings. The Labute approximate surface area is 307 Å². The molecule has 0 aromatic carbocycles. The van der Waals surface area contributed by atoms with Crippen LogP contribution in [0.15, 0.2) is 0 Å². The van der Waals surface area contributed by atoms with E-state index in [1.165, 1.54) is 140 Å². The zero-order valence-electron chi connectivity index (χ0n) is 32.1. The van der Waals surface area contributed by atoms with Gasteiger partial charge in [-0.25, -0.2) is 9.59 Å². The quantitative estimate of drug-likeness (QED) is 0.0478. The minimum Gasteiger partial charge on any atom is -0.338 e. The van der Waals surface area contributed by atoms with Gasteiger partial charge in [-0.05, 0) is 81.7 Å². The van der Waals surface area contributed by atoms with Gasteiger partial charge in [-0.2, -0.15) is 23.5 Å². The Morgan fingerprint density at radius 3 is 1.00 bits per heavy atom. The summed E-state index contributed by atoms with van der Waals surface area (Å²) in [7, 11) is 2.10. The summed E-state index contributed by atoms with van der Waals surface area (Å²) in [6, 6.07) is -0.111. The molecule has 9 heteroatoms. The summed E-state index contributed by atoms with van der Waals surface area (Å²) in [6.45, 7) is 9.27. The van der Waals surface area contributed by atoms with E-state index in [0.717, 1.165) is 63.4 Å². The van der Waals surface area contributed by atoms with Crippen molar-refractivity contribution in [3.63, 3.8) is 0 Å². The predicted octanol–water partition coefficient (Wildman–Crippen LogP) is 10.4. The molecule has 0 aromatic heterocycles. The Morgan fingerprint density at radius 1 is 0.396 bits per heavy atom. The molecule has 0 heterocycles. The molecule has 0 aliphatic carbocycles. The van der Waals surface area contributed by atoms with Crippen LogP contribution in [0.25, 0.3) is 0 Å². The molecule has 0 radical (unpaired) electrons. The van der Waals surface area contributed by atoms with Gasteiger partial charge >= 0.3 is 12.1 Å². The lowest BCUT2D eigenvalue weighted by Crippen LogP contribution is -2.38. The highest BCUT2D eigenvalue weighted by Gasteiger charge is 2.03. The van der Waals surface area contributed by atoms with Gasteiger partial charge in [0.15, 0.2) is 0 Å². The molecular weight excluding hydrogens is 635 g/mol. The van der Waals surface area contributed by atoms with Crippen molar-refractivity contribution in [2.75, 3.05) is 69.3 Å². The first-order valence-electron chi connectivity index (χ1n) is 20.5. The third kappa shape index (κ3) is 39.6. The second-order valence-electron chi connectivity index (χ2n) is 13.7. The first-order valence-corrected chi connectivity index (χ1v) is 22.8. The van der Waals surface area contributed by atoms with Crippen molar-refractivity contribution in [2.24, 2.45) is 0 Å². The van der Waals surface area contributed by atoms with Crippen molar-refractivity contribution in [2.45, 2.75) is 168 Å². The van der Waals surface area contributed by atoms with Gasteiger partial charge in [0.05, 0.1) is 0 Å². The zero-order valence-corrected chi connectivity index (χ0v) is 33.8. The van der Waals surface area contributed by atoms with Crippen molar-refractivity contribution < 1.29 is 9.59 Å². The first kappa shape index (κ1) is 47.2. The molecule has 0 rings (SSSR count). The third-order valence-corrected chi connectivity index (χ3v) is 11.1. The van der Waals surface area contributed by atoms with Crippen LogP contribution in [0.5, 0.6) is 0 Å². The highest BCUT2D eigenvalue weighted by molar-refractivity contribution is 7.99. The lowest BCUT2D eigenvalue weighted by molar-refractivity contribution is 0.239. The Hall–Kier alpha value is -0.800. The van der Waals surface area contributed by atoms with Crippen molar-refractivity contribution in [3.8, 4) is 0 Å². The van der Waals surface area contributed by atoms with Crippen molar-refractivity contribution >= 4 is 35.6 Å². The molecule has 0 atom stereocenters. The monoisotopic (exact) mass is 716 g/mol. The fraction of sp³-hybridized carbons (Fsp3) is 0.949. The fourth-order valence-electron chi connectivity index (χ4n) is 5.68. The van der Waals surface area contributed by atoms with E-state index in [2.05, 4.69) is 47.1 Å². The highest BCUT2D eigenvalue weighted by atomic mass is 32.2. The summed E-state index contributed by atoms with van der Waals surface area (Å²) in [5, 5.41) is 11.9. The smallest absolute Gasteiger partial charge is 0.314 e. The molecule has 0 saturated carbocycles. The number of hydrogen-bond acceptors (Lipinski definition) is 5. The summed E-state index contributed by atoms with van der Waals surface area (Å²) in [6.07, 6.45) is 31.7. The van der Waals surface area contributed by atoms with Gasteiger partial charge < -0.3 is 26.2 Å². The topological polar surface area (TPSA) is 85.5 Å². The van der Waals surface area contributed by atoms with Crippen LogP contribution in [0.4, 0.5) is 9.59 Å². The Bertz CT molecular complexity index is 620. The molecule has 0 aliphatic heterocycles. The molecule has 0 aliphatic rings. The maximum absolute atomic E-state index is 12.0. The van der Waals surface area contributed by atoms with Crippen LogP contribution in [0.2, 0.25) is 0 Å². The standard InChI is InChI=1S/C39H81N5O2S2/c1-4-6-8-10-12-14-16-18-20-22-34-47-36-26-30-42-38(45)40-28-24-32-44(3)33-25-29-41-39(46)43-31-27-37-48-35-23-21-19-17-15-13-11-9-7-5-2/h4-37H2,1-3H3,(H2,40,42,45)(H2,41,43,46). The molecule has 0 spiro atoms. The van der Waals surface area contributed by atoms with Gasteiger partial charge in [-0.1, -0.05) is 129 Å². The largest absolute Gasteiger partial charge is 0.338 e. The summed E-state index contributed by atoms with van der Waals surface area (Å²) < 4.78 is 0. The van der Waals surface area contributed by atoms with E-state index < -0.39 is 0 Å². The van der Waals surface area contributed by atoms with E-state index in [0.29, 0.717) is 13.1 Å². The SMILES string of the molecule is CCCCCCCCCCCCSCCCNC(=O)NCCCN(C)CCCNC(=O)NCCCSCCCCCCCCCCCC. The Morgan fingerprint density at radius 2 is 0.667 bits per heavy atom. The summed E-state index contributed by atoms with van der Waals surface area (Å²) in [5.41, 5.74) is 0. The van der Waals surface area contributed by atoms with Crippen LogP contribution in [0.3, 0.4) is 0 Å². The van der Waals surface area contributed by atoms with Crippen molar-refractivity contribution in [1.29, 1.82) is 0 Å². The molecule has 0 bridgehead atoms. The zero-order chi connectivity index (χ0) is 35.0. The van der Waals surface area contributed by atoms with Crippen LogP contribution in [-0.4, -0.2) is 86.3 Å². The number of unbranched alkanes of at least 4 members (excludes halogenated alkanes) is 18. The molecule has 0 fully saturated rings. The lowest BCUT2D eigenvalue weighted by atomic mass is 10.1. The first-order chi connectivity index (χ1) is 23.6. The molecule has 0 saturated heterocycles. The van der Waals surface area contributed by atoms with Crippen LogP contribution in [0.1, 0.15) is 168 Å².